The monoisotopic (exact) mass is 241 g/mol. The molecular weight excluding hydrogens is 218 g/mol. The molecule has 2 fully saturated rings. The summed E-state index contributed by atoms with van der Waals surface area (Å²) in [5, 5.41) is 0. The first-order valence-electron chi connectivity index (χ1n) is 6.57. The van der Waals surface area contributed by atoms with Crippen LogP contribution in [0.5, 0.6) is 0 Å². The van der Waals surface area contributed by atoms with Gasteiger partial charge in [-0.3, -0.25) is 9.69 Å². The fourth-order valence-corrected chi connectivity index (χ4v) is 2.54. The van der Waals surface area contributed by atoms with Crippen LogP contribution in [0.15, 0.2) is 0 Å². The third-order valence-corrected chi connectivity index (χ3v) is 3.63. The molecular formula is C12H23N3O2. The SMILES string of the molecule is NCC1CC(=O)N(CCCN2CCOCC2)C1. The first kappa shape index (κ1) is 12.8. The molecule has 98 valence electrons. The van der Waals surface area contributed by atoms with Crippen LogP contribution in [0.1, 0.15) is 12.8 Å². The molecule has 2 saturated heterocycles. The lowest BCUT2D eigenvalue weighted by Gasteiger charge is -2.27. The van der Waals surface area contributed by atoms with Crippen LogP contribution in [-0.2, 0) is 9.53 Å². The Kier molecular flexibility index (Phi) is 4.76. The van der Waals surface area contributed by atoms with Crippen molar-refractivity contribution in [1.82, 2.24) is 9.80 Å². The minimum atomic E-state index is 0.280. The average molecular weight is 241 g/mol. The first-order valence-corrected chi connectivity index (χ1v) is 6.57. The molecule has 2 aliphatic rings. The van der Waals surface area contributed by atoms with E-state index in [4.69, 9.17) is 10.5 Å². The fraction of sp³-hybridized carbons (Fsp3) is 0.917. The molecule has 1 amide bonds. The molecule has 2 aliphatic heterocycles. The van der Waals surface area contributed by atoms with Crippen LogP contribution in [0.4, 0.5) is 0 Å². The first-order chi connectivity index (χ1) is 8.29. The standard InChI is InChI=1S/C12H23N3O2/c13-9-11-8-12(16)15(10-11)3-1-2-14-4-6-17-7-5-14/h11H,1-10,13H2. The highest BCUT2D eigenvalue weighted by atomic mass is 16.5. The van der Waals surface area contributed by atoms with Gasteiger partial charge in [0.2, 0.25) is 5.91 Å². The van der Waals surface area contributed by atoms with Crippen LogP contribution in [0.2, 0.25) is 0 Å². The Labute approximate surface area is 103 Å². The van der Waals surface area contributed by atoms with Crippen LogP contribution in [0, 0.1) is 5.92 Å². The summed E-state index contributed by atoms with van der Waals surface area (Å²) in [5.41, 5.74) is 5.60. The van der Waals surface area contributed by atoms with Crippen molar-refractivity contribution < 1.29 is 9.53 Å². The second-order valence-electron chi connectivity index (χ2n) is 4.95. The minimum Gasteiger partial charge on any atom is -0.379 e. The van der Waals surface area contributed by atoms with E-state index in [0.717, 1.165) is 52.4 Å². The topological polar surface area (TPSA) is 58.8 Å². The Balaban J connectivity index is 1.63. The molecule has 0 saturated carbocycles. The number of nitrogens with two attached hydrogens (primary N) is 1. The molecule has 0 aromatic heterocycles. The van der Waals surface area contributed by atoms with Crippen molar-refractivity contribution in [3.8, 4) is 0 Å². The number of amides is 1. The zero-order valence-electron chi connectivity index (χ0n) is 10.4. The van der Waals surface area contributed by atoms with E-state index in [9.17, 15) is 4.79 Å². The number of ether oxygens (including phenoxy) is 1. The number of morpholine rings is 1. The Bertz CT molecular complexity index is 254. The van der Waals surface area contributed by atoms with Crippen molar-refractivity contribution in [2.24, 2.45) is 11.7 Å². The fourth-order valence-electron chi connectivity index (χ4n) is 2.54. The van der Waals surface area contributed by atoms with Gasteiger partial charge < -0.3 is 15.4 Å². The summed E-state index contributed by atoms with van der Waals surface area (Å²) in [7, 11) is 0. The van der Waals surface area contributed by atoms with Gasteiger partial charge in [0.1, 0.15) is 0 Å². The average Bonchev–Trinajstić information content (AvgIpc) is 2.72. The van der Waals surface area contributed by atoms with E-state index in [-0.39, 0.29) is 5.91 Å². The van der Waals surface area contributed by atoms with Gasteiger partial charge in [-0.05, 0) is 18.9 Å². The van der Waals surface area contributed by atoms with E-state index in [0.29, 0.717) is 18.9 Å². The number of carbonyl (C=O) groups is 1. The third kappa shape index (κ3) is 3.66. The minimum absolute atomic E-state index is 0.280. The van der Waals surface area contributed by atoms with E-state index in [1.165, 1.54) is 0 Å². The molecule has 0 aromatic carbocycles. The summed E-state index contributed by atoms with van der Waals surface area (Å²) in [4.78, 5) is 16.0. The van der Waals surface area contributed by atoms with Crippen molar-refractivity contribution >= 4 is 5.91 Å². The molecule has 17 heavy (non-hydrogen) atoms. The van der Waals surface area contributed by atoms with Crippen LogP contribution in [-0.4, -0.2) is 68.2 Å². The highest BCUT2D eigenvalue weighted by Gasteiger charge is 2.27. The molecule has 1 atom stereocenters. The molecule has 2 N–H and O–H groups in total. The quantitative estimate of drug-likeness (QED) is 0.706. The maximum atomic E-state index is 11.7. The summed E-state index contributed by atoms with van der Waals surface area (Å²) in [6.07, 6.45) is 1.71. The zero-order chi connectivity index (χ0) is 12.1. The van der Waals surface area contributed by atoms with Gasteiger partial charge in [0.05, 0.1) is 13.2 Å². The second kappa shape index (κ2) is 6.33. The van der Waals surface area contributed by atoms with Crippen molar-refractivity contribution in [2.45, 2.75) is 12.8 Å². The van der Waals surface area contributed by atoms with Crippen molar-refractivity contribution in [3.63, 3.8) is 0 Å². The Morgan fingerprint density at radius 1 is 1.29 bits per heavy atom. The largest absolute Gasteiger partial charge is 0.379 e. The van der Waals surface area contributed by atoms with Gasteiger partial charge in [0, 0.05) is 39.1 Å². The van der Waals surface area contributed by atoms with Crippen LogP contribution in [0.3, 0.4) is 0 Å². The maximum absolute atomic E-state index is 11.7. The van der Waals surface area contributed by atoms with E-state index in [1.54, 1.807) is 0 Å². The molecule has 0 bridgehead atoms. The Morgan fingerprint density at radius 2 is 2.06 bits per heavy atom. The predicted octanol–water partition coefficient (Wildman–Crippen LogP) is -0.484. The highest BCUT2D eigenvalue weighted by Crippen LogP contribution is 2.16. The van der Waals surface area contributed by atoms with E-state index < -0.39 is 0 Å². The summed E-state index contributed by atoms with van der Waals surface area (Å²) in [6, 6.07) is 0. The van der Waals surface area contributed by atoms with Crippen molar-refractivity contribution in [2.75, 3.05) is 52.5 Å². The molecule has 2 heterocycles. The highest BCUT2D eigenvalue weighted by molar-refractivity contribution is 5.78. The summed E-state index contributed by atoms with van der Waals surface area (Å²) >= 11 is 0. The van der Waals surface area contributed by atoms with E-state index in [1.807, 2.05) is 4.90 Å². The molecule has 2 rings (SSSR count). The molecule has 0 aliphatic carbocycles. The van der Waals surface area contributed by atoms with Gasteiger partial charge in [0.25, 0.3) is 0 Å². The molecule has 0 aromatic rings. The van der Waals surface area contributed by atoms with Crippen LogP contribution < -0.4 is 5.73 Å². The molecule has 0 radical (unpaired) electrons. The van der Waals surface area contributed by atoms with E-state index in [2.05, 4.69) is 4.90 Å². The summed E-state index contributed by atoms with van der Waals surface area (Å²) < 4.78 is 5.31. The Hall–Kier alpha value is -0.650. The lowest BCUT2D eigenvalue weighted by atomic mass is 10.1. The number of likely N-dealkylation sites (tertiary alicyclic amines) is 1. The van der Waals surface area contributed by atoms with Crippen LogP contribution in [0.25, 0.3) is 0 Å². The summed E-state index contributed by atoms with van der Waals surface area (Å²) in [5.74, 6) is 0.660. The summed E-state index contributed by atoms with van der Waals surface area (Å²) in [6.45, 7) is 7.19. The Morgan fingerprint density at radius 3 is 2.71 bits per heavy atom. The van der Waals surface area contributed by atoms with Gasteiger partial charge in [-0.25, -0.2) is 0 Å². The third-order valence-electron chi connectivity index (χ3n) is 3.63. The number of hydrogen-bond acceptors (Lipinski definition) is 4. The maximum Gasteiger partial charge on any atom is 0.222 e. The van der Waals surface area contributed by atoms with E-state index >= 15 is 0 Å². The molecule has 5 heteroatoms. The number of rotatable bonds is 5. The zero-order valence-corrected chi connectivity index (χ0v) is 10.4. The van der Waals surface area contributed by atoms with Crippen molar-refractivity contribution in [1.29, 1.82) is 0 Å². The van der Waals surface area contributed by atoms with Gasteiger partial charge in [-0.2, -0.15) is 0 Å². The number of hydrogen-bond donors (Lipinski definition) is 1. The predicted molar refractivity (Wildman–Crippen MR) is 65.6 cm³/mol. The number of carbonyl (C=O) groups excluding carboxylic acids is 1. The normalized spacial score (nSPS) is 26.8. The van der Waals surface area contributed by atoms with Gasteiger partial charge >= 0.3 is 0 Å². The van der Waals surface area contributed by atoms with Gasteiger partial charge in [-0.1, -0.05) is 0 Å². The molecule has 1 unspecified atom stereocenters. The molecule has 5 nitrogen and oxygen atoms in total. The lowest BCUT2D eigenvalue weighted by molar-refractivity contribution is -0.127. The van der Waals surface area contributed by atoms with Crippen LogP contribution >= 0.6 is 0 Å². The van der Waals surface area contributed by atoms with Gasteiger partial charge in [0.15, 0.2) is 0 Å². The second-order valence-corrected chi connectivity index (χ2v) is 4.95. The molecule has 0 spiro atoms. The lowest BCUT2D eigenvalue weighted by Crippen LogP contribution is -2.38. The smallest absolute Gasteiger partial charge is 0.222 e. The number of nitrogens with zero attached hydrogens (tertiary/aromatic N) is 2. The van der Waals surface area contributed by atoms with Gasteiger partial charge in [-0.15, -0.1) is 0 Å². The van der Waals surface area contributed by atoms with Crippen molar-refractivity contribution in [3.05, 3.63) is 0 Å².